The average Bonchev–Trinajstić information content (AvgIpc) is 3.03. The summed E-state index contributed by atoms with van der Waals surface area (Å²) in [5, 5.41) is 15.8. The van der Waals surface area contributed by atoms with Gasteiger partial charge in [0.25, 0.3) is 0 Å². The van der Waals surface area contributed by atoms with Gasteiger partial charge >= 0.3 is 0 Å². The fourth-order valence-electron chi connectivity index (χ4n) is 2.70. The number of hydrogen-bond donors (Lipinski definition) is 3. The van der Waals surface area contributed by atoms with Crippen molar-refractivity contribution in [2.45, 2.75) is 12.8 Å². The molecule has 6 nitrogen and oxygen atoms in total. The first-order valence-electron chi connectivity index (χ1n) is 8.19. The molecule has 134 valence electrons. The maximum Gasteiger partial charge on any atom is 0.191 e. The van der Waals surface area contributed by atoms with Crippen LogP contribution in [0.5, 0.6) is 5.75 Å². The zero-order chi connectivity index (χ0) is 17.3. The molecule has 0 spiro atoms. The van der Waals surface area contributed by atoms with Gasteiger partial charge < -0.3 is 25.2 Å². The van der Waals surface area contributed by atoms with Crippen molar-refractivity contribution in [1.82, 2.24) is 10.6 Å². The molecule has 0 amide bonds. The number of halogens is 1. The van der Waals surface area contributed by atoms with Gasteiger partial charge in [0, 0.05) is 36.7 Å². The zero-order valence-corrected chi connectivity index (χ0v) is 15.6. The van der Waals surface area contributed by atoms with Crippen LogP contribution in [0.1, 0.15) is 12.8 Å². The summed E-state index contributed by atoms with van der Waals surface area (Å²) in [6.45, 7) is 3.55. The molecule has 1 aromatic rings. The first kappa shape index (κ1) is 19.0. The number of benzene rings is 1. The van der Waals surface area contributed by atoms with Crippen molar-refractivity contribution in [2.75, 3.05) is 46.6 Å². The normalized spacial score (nSPS) is 20.9. The molecule has 1 aliphatic heterocycles. The van der Waals surface area contributed by atoms with E-state index in [1.807, 2.05) is 24.3 Å². The maximum atomic E-state index is 9.27. The SMILES string of the molecule is CN=C(NCCOc1cccc(Br)c1)NCC1(CCO)CCOC1. The van der Waals surface area contributed by atoms with E-state index < -0.39 is 0 Å². The second-order valence-electron chi connectivity index (χ2n) is 5.93. The van der Waals surface area contributed by atoms with Crippen LogP contribution in [0.25, 0.3) is 0 Å². The van der Waals surface area contributed by atoms with Gasteiger partial charge in [-0.15, -0.1) is 0 Å². The smallest absolute Gasteiger partial charge is 0.191 e. The van der Waals surface area contributed by atoms with E-state index in [-0.39, 0.29) is 12.0 Å². The molecule has 0 saturated carbocycles. The highest BCUT2D eigenvalue weighted by Gasteiger charge is 2.34. The summed E-state index contributed by atoms with van der Waals surface area (Å²) in [5.41, 5.74) is -0.000808. The van der Waals surface area contributed by atoms with Crippen molar-refractivity contribution in [1.29, 1.82) is 0 Å². The molecule has 1 fully saturated rings. The van der Waals surface area contributed by atoms with Crippen molar-refractivity contribution in [3.8, 4) is 5.75 Å². The number of aliphatic imine (C=N–C) groups is 1. The van der Waals surface area contributed by atoms with Gasteiger partial charge in [0.2, 0.25) is 0 Å². The van der Waals surface area contributed by atoms with E-state index in [1.165, 1.54) is 0 Å². The van der Waals surface area contributed by atoms with Gasteiger partial charge in [-0.05, 0) is 31.0 Å². The number of hydrogen-bond acceptors (Lipinski definition) is 4. The Morgan fingerprint density at radius 3 is 3.00 bits per heavy atom. The quantitative estimate of drug-likeness (QED) is 0.353. The second kappa shape index (κ2) is 9.86. The van der Waals surface area contributed by atoms with E-state index in [1.54, 1.807) is 7.05 Å². The van der Waals surface area contributed by atoms with Crippen LogP contribution in [-0.2, 0) is 4.74 Å². The van der Waals surface area contributed by atoms with Crippen molar-refractivity contribution in [3.63, 3.8) is 0 Å². The Kier molecular flexibility index (Phi) is 7.81. The molecule has 1 atom stereocenters. The van der Waals surface area contributed by atoms with E-state index in [2.05, 4.69) is 31.6 Å². The molecule has 1 saturated heterocycles. The fraction of sp³-hybridized carbons (Fsp3) is 0.588. The summed E-state index contributed by atoms with van der Waals surface area (Å²) in [6, 6.07) is 7.77. The molecular formula is C17H26BrN3O3. The highest BCUT2D eigenvalue weighted by Crippen LogP contribution is 2.31. The van der Waals surface area contributed by atoms with Crippen LogP contribution in [0.3, 0.4) is 0 Å². The van der Waals surface area contributed by atoms with Gasteiger partial charge in [-0.1, -0.05) is 22.0 Å². The average molecular weight is 400 g/mol. The Labute approximate surface area is 151 Å². The van der Waals surface area contributed by atoms with Crippen LogP contribution < -0.4 is 15.4 Å². The van der Waals surface area contributed by atoms with Crippen LogP contribution in [0.2, 0.25) is 0 Å². The maximum absolute atomic E-state index is 9.27. The Balaban J connectivity index is 1.70. The predicted molar refractivity (Wildman–Crippen MR) is 98.6 cm³/mol. The van der Waals surface area contributed by atoms with Gasteiger partial charge in [0.15, 0.2) is 5.96 Å². The summed E-state index contributed by atoms with van der Waals surface area (Å²) in [4.78, 5) is 4.23. The lowest BCUT2D eigenvalue weighted by Gasteiger charge is -2.27. The summed E-state index contributed by atoms with van der Waals surface area (Å²) in [5.74, 6) is 1.57. The Morgan fingerprint density at radius 1 is 1.46 bits per heavy atom. The summed E-state index contributed by atoms with van der Waals surface area (Å²) < 4.78 is 12.2. The molecule has 1 unspecified atom stereocenters. The highest BCUT2D eigenvalue weighted by atomic mass is 79.9. The molecule has 3 N–H and O–H groups in total. The molecule has 24 heavy (non-hydrogen) atoms. The minimum absolute atomic E-state index is 0.000808. The molecule has 1 heterocycles. The van der Waals surface area contributed by atoms with Crippen LogP contribution >= 0.6 is 15.9 Å². The van der Waals surface area contributed by atoms with Crippen molar-refractivity contribution < 1.29 is 14.6 Å². The number of nitrogens with zero attached hydrogens (tertiary/aromatic N) is 1. The monoisotopic (exact) mass is 399 g/mol. The highest BCUT2D eigenvalue weighted by molar-refractivity contribution is 9.10. The van der Waals surface area contributed by atoms with E-state index in [4.69, 9.17) is 9.47 Å². The second-order valence-corrected chi connectivity index (χ2v) is 6.85. The minimum Gasteiger partial charge on any atom is -0.492 e. The number of aliphatic hydroxyl groups is 1. The van der Waals surface area contributed by atoms with Gasteiger partial charge in [-0.3, -0.25) is 4.99 Å². The molecule has 2 rings (SSSR count). The third kappa shape index (κ3) is 5.96. The van der Waals surface area contributed by atoms with Crippen molar-refractivity contribution in [2.24, 2.45) is 10.4 Å². The molecule has 1 aliphatic rings. The Bertz CT molecular complexity index is 534. The first-order valence-corrected chi connectivity index (χ1v) is 8.98. The Morgan fingerprint density at radius 2 is 2.33 bits per heavy atom. The molecular weight excluding hydrogens is 374 g/mol. The van der Waals surface area contributed by atoms with Crippen LogP contribution in [0.4, 0.5) is 0 Å². The molecule has 0 bridgehead atoms. The van der Waals surface area contributed by atoms with E-state index in [9.17, 15) is 5.11 Å². The third-order valence-electron chi connectivity index (χ3n) is 4.14. The topological polar surface area (TPSA) is 75.1 Å². The molecule has 0 radical (unpaired) electrons. The van der Waals surface area contributed by atoms with Gasteiger partial charge in [-0.2, -0.15) is 0 Å². The standard InChI is InChI=1S/C17H26BrN3O3/c1-19-16(21-12-17(5-8-22)6-9-23-13-17)20-7-10-24-15-4-2-3-14(18)11-15/h2-4,11,22H,5-10,12-13H2,1H3,(H2,19,20,21). The molecule has 1 aromatic carbocycles. The van der Waals surface area contributed by atoms with E-state index in [0.29, 0.717) is 19.8 Å². The zero-order valence-electron chi connectivity index (χ0n) is 14.1. The Hall–Kier alpha value is -1.31. The van der Waals surface area contributed by atoms with Crippen LogP contribution in [-0.4, -0.2) is 57.6 Å². The van der Waals surface area contributed by atoms with E-state index in [0.717, 1.165) is 42.2 Å². The van der Waals surface area contributed by atoms with Crippen LogP contribution in [0.15, 0.2) is 33.7 Å². The number of rotatable bonds is 8. The predicted octanol–water partition coefficient (Wildman–Crippen LogP) is 1.78. The lowest BCUT2D eigenvalue weighted by molar-refractivity contribution is 0.127. The van der Waals surface area contributed by atoms with Gasteiger partial charge in [-0.25, -0.2) is 0 Å². The largest absolute Gasteiger partial charge is 0.492 e. The summed E-state index contributed by atoms with van der Waals surface area (Å²) in [6.07, 6.45) is 1.70. The summed E-state index contributed by atoms with van der Waals surface area (Å²) in [7, 11) is 1.74. The molecule has 0 aromatic heterocycles. The number of nitrogens with one attached hydrogen (secondary N) is 2. The van der Waals surface area contributed by atoms with Gasteiger partial charge in [0.05, 0.1) is 13.2 Å². The van der Waals surface area contributed by atoms with E-state index >= 15 is 0 Å². The van der Waals surface area contributed by atoms with Gasteiger partial charge in [0.1, 0.15) is 12.4 Å². The summed E-state index contributed by atoms with van der Waals surface area (Å²) >= 11 is 3.42. The minimum atomic E-state index is -0.000808. The van der Waals surface area contributed by atoms with Crippen molar-refractivity contribution >= 4 is 21.9 Å². The molecule has 7 heteroatoms. The lowest BCUT2D eigenvalue weighted by Crippen LogP contribution is -2.45. The number of ether oxygens (including phenoxy) is 2. The third-order valence-corrected chi connectivity index (χ3v) is 4.63. The fourth-order valence-corrected chi connectivity index (χ4v) is 3.08. The lowest BCUT2D eigenvalue weighted by atomic mass is 9.84. The van der Waals surface area contributed by atoms with Crippen LogP contribution in [0, 0.1) is 5.41 Å². The number of guanidine groups is 1. The first-order chi connectivity index (χ1) is 11.7. The van der Waals surface area contributed by atoms with Crippen molar-refractivity contribution in [3.05, 3.63) is 28.7 Å². The molecule has 0 aliphatic carbocycles. The number of aliphatic hydroxyl groups excluding tert-OH is 1.